The van der Waals surface area contributed by atoms with Crippen molar-refractivity contribution in [2.75, 3.05) is 5.32 Å². The first kappa shape index (κ1) is 19.8. The van der Waals surface area contributed by atoms with Crippen LogP contribution in [0.3, 0.4) is 0 Å². The molecule has 0 atom stereocenters. The second kappa shape index (κ2) is 7.75. The van der Waals surface area contributed by atoms with Gasteiger partial charge in [-0.25, -0.2) is 28.7 Å². The first-order valence-electron chi connectivity index (χ1n) is 9.50. The van der Waals surface area contributed by atoms with Crippen molar-refractivity contribution >= 4 is 22.8 Å². The summed E-state index contributed by atoms with van der Waals surface area (Å²) in [5.74, 6) is 0.136. The molecule has 0 radical (unpaired) electrons. The number of halogens is 2. The van der Waals surface area contributed by atoms with Crippen LogP contribution in [0, 0.1) is 18.6 Å². The molecular formula is C21H21F2N7. The molecule has 0 amide bonds. The Balaban J connectivity index is 1.77. The van der Waals surface area contributed by atoms with Gasteiger partial charge in [0.25, 0.3) is 0 Å². The van der Waals surface area contributed by atoms with E-state index in [4.69, 9.17) is 5.73 Å². The van der Waals surface area contributed by atoms with E-state index in [0.29, 0.717) is 29.3 Å². The molecule has 0 fully saturated rings. The molecule has 0 aliphatic heterocycles. The highest BCUT2D eigenvalue weighted by Gasteiger charge is 2.18. The van der Waals surface area contributed by atoms with Crippen molar-refractivity contribution < 1.29 is 8.78 Å². The third kappa shape index (κ3) is 3.59. The van der Waals surface area contributed by atoms with Crippen LogP contribution >= 0.6 is 0 Å². The fraction of sp³-hybridized carbons (Fsp3) is 0.238. The maximum Gasteiger partial charge on any atom is 0.229 e. The largest absolute Gasteiger partial charge is 0.326 e. The number of anilines is 2. The van der Waals surface area contributed by atoms with Crippen LogP contribution in [0.4, 0.5) is 20.5 Å². The molecule has 4 rings (SSSR count). The maximum atomic E-state index is 14.8. The Labute approximate surface area is 172 Å². The second-order valence-electron chi connectivity index (χ2n) is 7.22. The molecule has 4 aromatic rings. The third-order valence-corrected chi connectivity index (χ3v) is 4.76. The Morgan fingerprint density at radius 1 is 1.07 bits per heavy atom. The Morgan fingerprint density at radius 2 is 1.87 bits per heavy atom. The molecule has 0 saturated carbocycles. The van der Waals surface area contributed by atoms with Gasteiger partial charge in [-0.05, 0) is 44.5 Å². The summed E-state index contributed by atoms with van der Waals surface area (Å²) >= 11 is 0. The van der Waals surface area contributed by atoms with Crippen LogP contribution in [-0.4, -0.2) is 24.5 Å². The van der Waals surface area contributed by atoms with Gasteiger partial charge in [0.05, 0.1) is 11.7 Å². The number of pyridine rings is 1. The van der Waals surface area contributed by atoms with Gasteiger partial charge in [-0.15, -0.1) is 0 Å². The van der Waals surface area contributed by atoms with Gasteiger partial charge >= 0.3 is 0 Å². The van der Waals surface area contributed by atoms with Crippen molar-refractivity contribution in [2.24, 2.45) is 5.73 Å². The Hall–Kier alpha value is -3.46. The average molecular weight is 409 g/mol. The van der Waals surface area contributed by atoms with E-state index in [1.165, 1.54) is 6.07 Å². The minimum absolute atomic E-state index is 0.0129. The fourth-order valence-electron chi connectivity index (χ4n) is 3.42. The van der Waals surface area contributed by atoms with Gasteiger partial charge in [-0.1, -0.05) is 6.07 Å². The van der Waals surface area contributed by atoms with E-state index in [2.05, 4.69) is 25.3 Å². The number of imidazole rings is 1. The first-order chi connectivity index (χ1) is 14.4. The van der Waals surface area contributed by atoms with Gasteiger partial charge in [-0.3, -0.25) is 0 Å². The summed E-state index contributed by atoms with van der Waals surface area (Å²) in [6.45, 7) is 6.16. The van der Waals surface area contributed by atoms with Crippen LogP contribution in [0.25, 0.3) is 22.3 Å². The molecule has 3 N–H and O–H groups in total. The van der Waals surface area contributed by atoms with Crippen molar-refractivity contribution in [3.63, 3.8) is 0 Å². The minimum atomic E-state index is -0.655. The van der Waals surface area contributed by atoms with Crippen LogP contribution in [-0.2, 0) is 6.54 Å². The van der Waals surface area contributed by atoms with Crippen molar-refractivity contribution in [3.05, 3.63) is 59.7 Å². The SMILES string of the molecule is Cc1nc2c(F)cc(-c3nc(Nc4ccc(CN)cn4)ncc3F)cc2n1C(C)C. The summed E-state index contributed by atoms with van der Waals surface area (Å²) in [7, 11) is 0. The highest BCUT2D eigenvalue weighted by Crippen LogP contribution is 2.30. The molecule has 3 heterocycles. The van der Waals surface area contributed by atoms with E-state index in [1.54, 1.807) is 18.3 Å². The number of hydrogen-bond donors (Lipinski definition) is 2. The molecule has 3 aromatic heterocycles. The van der Waals surface area contributed by atoms with E-state index in [9.17, 15) is 8.78 Å². The van der Waals surface area contributed by atoms with Gasteiger partial charge in [0.15, 0.2) is 11.6 Å². The molecule has 0 aliphatic carbocycles. The molecule has 0 saturated heterocycles. The number of nitrogens with one attached hydrogen (secondary N) is 1. The number of hydrogen-bond acceptors (Lipinski definition) is 6. The fourth-order valence-corrected chi connectivity index (χ4v) is 3.42. The van der Waals surface area contributed by atoms with Crippen molar-refractivity contribution in [3.8, 4) is 11.3 Å². The highest BCUT2D eigenvalue weighted by atomic mass is 19.1. The lowest BCUT2D eigenvalue weighted by Gasteiger charge is -2.12. The quantitative estimate of drug-likeness (QED) is 0.512. The van der Waals surface area contributed by atoms with E-state index >= 15 is 0 Å². The molecule has 0 bridgehead atoms. The molecular weight excluding hydrogens is 388 g/mol. The van der Waals surface area contributed by atoms with Crippen LogP contribution < -0.4 is 11.1 Å². The molecule has 30 heavy (non-hydrogen) atoms. The first-order valence-corrected chi connectivity index (χ1v) is 9.50. The molecule has 0 aliphatic rings. The summed E-state index contributed by atoms with van der Waals surface area (Å²) in [6.07, 6.45) is 2.68. The number of benzene rings is 1. The zero-order valence-corrected chi connectivity index (χ0v) is 16.8. The predicted octanol–water partition coefficient (Wildman–Crippen LogP) is 4.26. The molecule has 0 unspecified atom stereocenters. The summed E-state index contributed by atoms with van der Waals surface area (Å²) in [5.41, 5.74) is 7.58. The van der Waals surface area contributed by atoms with E-state index in [1.807, 2.05) is 31.4 Å². The summed E-state index contributed by atoms with van der Waals surface area (Å²) < 4.78 is 31.2. The van der Waals surface area contributed by atoms with Crippen molar-refractivity contribution in [2.45, 2.75) is 33.4 Å². The van der Waals surface area contributed by atoms with Crippen LogP contribution in [0.2, 0.25) is 0 Å². The number of rotatable bonds is 5. The highest BCUT2D eigenvalue weighted by molar-refractivity contribution is 5.83. The van der Waals surface area contributed by atoms with E-state index in [-0.39, 0.29) is 23.2 Å². The number of fused-ring (bicyclic) bond motifs is 1. The number of aromatic nitrogens is 5. The third-order valence-electron chi connectivity index (χ3n) is 4.76. The van der Waals surface area contributed by atoms with Gasteiger partial charge in [0.2, 0.25) is 5.95 Å². The van der Waals surface area contributed by atoms with Gasteiger partial charge in [0, 0.05) is 24.3 Å². The Morgan fingerprint density at radius 3 is 2.53 bits per heavy atom. The molecule has 154 valence electrons. The topological polar surface area (TPSA) is 94.5 Å². The average Bonchev–Trinajstić information content (AvgIpc) is 3.06. The van der Waals surface area contributed by atoms with Gasteiger partial charge in [-0.2, -0.15) is 0 Å². The lowest BCUT2D eigenvalue weighted by Crippen LogP contribution is -2.04. The van der Waals surface area contributed by atoms with Gasteiger partial charge in [0.1, 0.15) is 22.9 Å². The number of nitrogens with zero attached hydrogens (tertiary/aromatic N) is 5. The van der Waals surface area contributed by atoms with Crippen LogP contribution in [0.1, 0.15) is 31.3 Å². The normalized spacial score (nSPS) is 11.4. The molecule has 0 spiro atoms. The zero-order valence-electron chi connectivity index (χ0n) is 16.8. The molecule has 7 nitrogen and oxygen atoms in total. The predicted molar refractivity (Wildman–Crippen MR) is 111 cm³/mol. The lowest BCUT2D eigenvalue weighted by atomic mass is 10.1. The monoisotopic (exact) mass is 409 g/mol. The van der Waals surface area contributed by atoms with E-state index in [0.717, 1.165) is 11.8 Å². The zero-order chi connectivity index (χ0) is 21.4. The van der Waals surface area contributed by atoms with Crippen LogP contribution in [0.15, 0.2) is 36.7 Å². The van der Waals surface area contributed by atoms with Crippen molar-refractivity contribution in [1.82, 2.24) is 24.5 Å². The van der Waals surface area contributed by atoms with Crippen molar-refractivity contribution in [1.29, 1.82) is 0 Å². The summed E-state index contributed by atoms with van der Waals surface area (Å²) in [6, 6.07) is 6.55. The summed E-state index contributed by atoms with van der Waals surface area (Å²) in [4.78, 5) is 16.7. The lowest BCUT2D eigenvalue weighted by molar-refractivity contribution is 0.600. The number of nitrogens with two attached hydrogens (primary N) is 1. The maximum absolute atomic E-state index is 14.8. The Kier molecular flexibility index (Phi) is 5.13. The van der Waals surface area contributed by atoms with E-state index < -0.39 is 11.6 Å². The molecule has 1 aromatic carbocycles. The standard InChI is InChI=1S/C21H21F2N7/c1-11(2)30-12(3)27-20-15(22)6-14(7-17(20)30)19-16(23)10-26-21(29-19)28-18-5-4-13(8-24)9-25-18/h4-7,9-11H,8,24H2,1-3H3,(H,25,26,28,29). The number of aryl methyl sites for hydroxylation is 1. The second-order valence-corrected chi connectivity index (χ2v) is 7.22. The summed E-state index contributed by atoms with van der Waals surface area (Å²) in [5, 5.41) is 2.93. The minimum Gasteiger partial charge on any atom is -0.326 e. The van der Waals surface area contributed by atoms with Crippen LogP contribution in [0.5, 0.6) is 0 Å². The Bertz CT molecular complexity index is 1220. The smallest absolute Gasteiger partial charge is 0.229 e. The molecule has 9 heteroatoms. The van der Waals surface area contributed by atoms with Gasteiger partial charge < -0.3 is 15.6 Å².